The van der Waals surface area contributed by atoms with E-state index in [1.165, 1.54) is 0 Å². The molecule has 0 radical (unpaired) electrons. The number of carbonyl (C=O) groups is 2. The standard InChI is InChI=1S/C5H6O4.2H2O.Zn/c1-3(5(8)9)2-4(6)7;;;/h1-2H2,(H,6,7)(H,8,9);2*1H2;. The van der Waals surface area contributed by atoms with E-state index in [1.54, 1.807) is 0 Å². The van der Waals surface area contributed by atoms with Gasteiger partial charge in [-0.3, -0.25) is 4.79 Å². The number of carboxylic acid groups (broad SMARTS) is 2. The third-order valence-electron chi connectivity index (χ3n) is 0.667. The Morgan fingerprint density at radius 1 is 1.17 bits per heavy atom. The summed E-state index contributed by atoms with van der Waals surface area (Å²) in [6, 6.07) is 0. The minimum absolute atomic E-state index is 0. The van der Waals surface area contributed by atoms with Crippen molar-refractivity contribution in [3.8, 4) is 0 Å². The predicted octanol–water partition coefficient (Wildman–Crippen LogP) is -1.55. The van der Waals surface area contributed by atoms with E-state index in [2.05, 4.69) is 6.58 Å². The summed E-state index contributed by atoms with van der Waals surface area (Å²) in [5.74, 6) is -2.44. The number of carboxylic acids is 2. The Kier molecular flexibility index (Phi) is 19.2. The fourth-order valence-corrected chi connectivity index (χ4v) is 0.258. The van der Waals surface area contributed by atoms with Gasteiger partial charge in [-0.2, -0.15) is 0 Å². The summed E-state index contributed by atoms with van der Waals surface area (Å²) in [5, 5.41) is 16.1. The monoisotopic (exact) mass is 230 g/mol. The third-order valence-corrected chi connectivity index (χ3v) is 0.667. The van der Waals surface area contributed by atoms with E-state index in [4.69, 9.17) is 10.2 Å². The van der Waals surface area contributed by atoms with E-state index in [1.807, 2.05) is 0 Å². The van der Waals surface area contributed by atoms with Gasteiger partial charge >= 0.3 is 11.9 Å². The van der Waals surface area contributed by atoms with Crippen molar-refractivity contribution in [2.75, 3.05) is 0 Å². The van der Waals surface area contributed by atoms with Crippen LogP contribution in [0.2, 0.25) is 0 Å². The van der Waals surface area contributed by atoms with Crippen LogP contribution in [0.25, 0.3) is 0 Å². The van der Waals surface area contributed by atoms with Crippen LogP contribution in [0.15, 0.2) is 12.2 Å². The molecule has 0 fully saturated rings. The molecular weight excluding hydrogens is 221 g/mol. The van der Waals surface area contributed by atoms with Crippen molar-refractivity contribution in [2.24, 2.45) is 0 Å². The van der Waals surface area contributed by atoms with Gasteiger partial charge in [0.15, 0.2) is 0 Å². The van der Waals surface area contributed by atoms with Gasteiger partial charge in [0.1, 0.15) is 0 Å². The largest absolute Gasteiger partial charge is 0.481 e. The van der Waals surface area contributed by atoms with Gasteiger partial charge in [-0.1, -0.05) is 6.58 Å². The van der Waals surface area contributed by atoms with Gasteiger partial charge in [0.05, 0.1) is 6.42 Å². The Bertz CT molecular complexity index is 165. The molecule has 6 nitrogen and oxygen atoms in total. The van der Waals surface area contributed by atoms with Gasteiger partial charge in [0, 0.05) is 25.1 Å². The first-order valence-electron chi connectivity index (χ1n) is 2.17. The van der Waals surface area contributed by atoms with Crippen molar-refractivity contribution in [2.45, 2.75) is 6.42 Å². The van der Waals surface area contributed by atoms with E-state index in [9.17, 15) is 9.59 Å². The fraction of sp³-hybridized carbons (Fsp3) is 0.200. The Balaban J connectivity index is -0.000000107. The molecule has 68 valence electrons. The maximum atomic E-state index is 9.87. The van der Waals surface area contributed by atoms with Crippen molar-refractivity contribution in [3.05, 3.63) is 12.2 Å². The molecule has 0 spiro atoms. The normalized spacial score (nSPS) is 6.33. The van der Waals surface area contributed by atoms with Gasteiger partial charge < -0.3 is 21.2 Å². The van der Waals surface area contributed by atoms with E-state index < -0.39 is 18.4 Å². The minimum Gasteiger partial charge on any atom is -0.481 e. The van der Waals surface area contributed by atoms with E-state index in [0.29, 0.717) is 0 Å². The minimum atomic E-state index is -1.27. The van der Waals surface area contributed by atoms with Crippen LogP contribution < -0.4 is 0 Å². The molecule has 7 heteroatoms. The number of hydrogen-bond donors (Lipinski definition) is 2. The van der Waals surface area contributed by atoms with Gasteiger partial charge in [-0.25, -0.2) is 4.79 Å². The first-order chi connectivity index (χ1) is 4.04. The molecule has 6 N–H and O–H groups in total. The average Bonchev–Trinajstić information content (AvgIpc) is 1.63. The number of rotatable bonds is 3. The molecule has 0 unspecified atom stereocenters. The molecule has 0 saturated heterocycles. The van der Waals surface area contributed by atoms with Crippen molar-refractivity contribution < 1.29 is 50.2 Å². The van der Waals surface area contributed by atoms with Gasteiger partial charge in [0.2, 0.25) is 0 Å². The molecule has 0 aliphatic heterocycles. The molecule has 12 heavy (non-hydrogen) atoms. The zero-order valence-electron chi connectivity index (χ0n) is 6.33. The van der Waals surface area contributed by atoms with Gasteiger partial charge in [-0.05, 0) is 0 Å². The van der Waals surface area contributed by atoms with Crippen LogP contribution in [0.3, 0.4) is 0 Å². The first kappa shape index (κ1) is 22.5. The summed E-state index contributed by atoms with van der Waals surface area (Å²) < 4.78 is 0. The summed E-state index contributed by atoms with van der Waals surface area (Å²) in [5.41, 5.74) is -0.303. The zero-order valence-corrected chi connectivity index (χ0v) is 9.30. The second-order valence-corrected chi connectivity index (χ2v) is 1.48. The summed E-state index contributed by atoms with van der Waals surface area (Å²) in [4.78, 5) is 19.7. The summed E-state index contributed by atoms with van der Waals surface area (Å²) in [7, 11) is 0. The van der Waals surface area contributed by atoms with Gasteiger partial charge in [0.25, 0.3) is 0 Å². The molecule has 0 aromatic carbocycles. The van der Waals surface area contributed by atoms with Gasteiger partial charge in [-0.15, -0.1) is 0 Å². The molecule has 0 atom stereocenters. The van der Waals surface area contributed by atoms with Crippen LogP contribution in [0.5, 0.6) is 0 Å². The molecule has 0 amide bonds. The predicted molar refractivity (Wildman–Crippen MR) is 36.3 cm³/mol. The van der Waals surface area contributed by atoms with Crippen molar-refractivity contribution in [1.82, 2.24) is 0 Å². The van der Waals surface area contributed by atoms with Crippen LogP contribution in [-0.4, -0.2) is 33.1 Å². The first-order valence-corrected chi connectivity index (χ1v) is 2.17. The fourth-order valence-electron chi connectivity index (χ4n) is 0.258. The smallest absolute Gasteiger partial charge is 0.331 e. The van der Waals surface area contributed by atoms with Crippen LogP contribution in [0, 0.1) is 0 Å². The molecule has 0 saturated carbocycles. The topological polar surface area (TPSA) is 138 Å². The quantitative estimate of drug-likeness (QED) is 0.448. The molecule has 0 bridgehead atoms. The van der Waals surface area contributed by atoms with Crippen molar-refractivity contribution >= 4 is 11.9 Å². The van der Waals surface area contributed by atoms with Crippen LogP contribution in [0.4, 0.5) is 0 Å². The van der Waals surface area contributed by atoms with Crippen LogP contribution >= 0.6 is 0 Å². The third kappa shape index (κ3) is 12.0. The summed E-state index contributed by atoms with van der Waals surface area (Å²) in [6.07, 6.45) is -0.505. The zero-order chi connectivity index (χ0) is 7.44. The Morgan fingerprint density at radius 2 is 1.50 bits per heavy atom. The maximum Gasteiger partial charge on any atom is 0.331 e. The molecule has 0 aliphatic rings. The maximum absolute atomic E-state index is 9.87. The molecular formula is C5H10O6Zn. The molecule has 0 rings (SSSR count). The number of aliphatic carboxylic acids is 2. The van der Waals surface area contributed by atoms with E-state index in [0.717, 1.165) is 0 Å². The van der Waals surface area contributed by atoms with Crippen molar-refractivity contribution in [1.29, 1.82) is 0 Å². The number of hydrogen-bond acceptors (Lipinski definition) is 2. The Labute approximate surface area is 81.3 Å². The SMILES string of the molecule is C=C(CC(=O)O)C(=O)O.O.O.[Zn]. The van der Waals surface area contributed by atoms with Crippen LogP contribution in [-0.2, 0) is 29.1 Å². The Hall–Kier alpha value is -0.777. The average molecular weight is 232 g/mol. The van der Waals surface area contributed by atoms with E-state index in [-0.39, 0.29) is 36.0 Å². The summed E-state index contributed by atoms with van der Waals surface area (Å²) >= 11 is 0. The van der Waals surface area contributed by atoms with Crippen molar-refractivity contribution in [3.63, 3.8) is 0 Å². The molecule has 0 heterocycles. The second kappa shape index (κ2) is 10.2. The molecule has 0 aromatic rings. The summed E-state index contributed by atoms with van der Waals surface area (Å²) in [6.45, 7) is 3.01. The van der Waals surface area contributed by atoms with Crippen LogP contribution in [0.1, 0.15) is 6.42 Å². The Morgan fingerprint density at radius 3 is 1.58 bits per heavy atom. The van der Waals surface area contributed by atoms with E-state index >= 15 is 0 Å². The molecule has 0 aromatic heterocycles. The molecule has 0 aliphatic carbocycles. The second-order valence-electron chi connectivity index (χ2n) is 1.48.